The molecule has 0 radical (unpaired) electrons. The Kier molecular flexibility index (Phi) is 3.21. The number of fused-ring (bicyclic) bond motifs is 1. The molecule has 3 nitrogen and oxygen atoms in total. The number of nitrogens with one attached hydrogen (secondary N) is 1. The molecule has 3 rings (SSSR count). The number of hydrogen-bond acceptors (Lipinski definition) is 2. The fourth-order valence-corrected chi connectivity index (χ4v) is 2.22. The lowest BCUT2D eigenvalue weighted by Crippen LogP contribution is -2.01. The molecular formula is C14H11BrFN3. The fraction of sp³-hybridized carbons (Fsp3) is 0.0714. The highest BCUT2D eigenvalue weighted by atomic mass is 79.9. The maximum atomic E-state index is 13.6. The standard InChI is InChI=1S/C14H11BrFN3/c15-10-4-5-13(12(16)7-10)17-8-11-9-19-6-2-1-3-14(19)18-11/h1-7,9,17H,8H2. The minimum atomic E-state index is -0.280. The zero-order chi connectivity index (χ0) is 13.2. The molecule has 0 aliphatic carbocycles. The van der Waals surface area contributed by atoms with E-state index in [0.29, 0.717) is 12.2 Å². The predicted molar refractivity (Wildman–Crippen MR) is 76.6 cm³/mol. The molecule has 0 unspecified atom stereocenters. The molecule has 3 aromatic rings. The number of aromatic nitrogens is 2. The Morgan fingerprint density at radius 1 is 1.26 bits per heavy atom. The zero-order valence-electron chi connectivity index (χ0n) is 9.98. The number of imidazole rings is 1. The van der Waals surface area contributed by atoms with Crippen molar-refractivity contribution in [1.82, 2.24) is 9.38 Å². The summed E-state index contributed by atoms with van der Waals surface area (Å²) < 4.78 is 16.3. The number of benzene rings is 1. The van der Waals surface area contributed by atoms with Crippen molar-refractivity contribution in [3.8, 4) is 0 Å². The zero-order valence-corrected chi connectivity index (χ0v) is 11.6. The smallest absolute Gasteiger partial charge is 0.147 e. The Hall–Kier alpha value is -1.88. The van der Waals surface area contributed by atoms with Crippen LogP contribution in [0.3, 0.4) is 0 Å². The Bertz CT molecular complexity index is 691. The van der Waals surface area contributed by atoms with Crippen LogP contribution < -0.4 is 5.32 Å². The molecule has 0 amide bonds. The quantitative estimate of drug-likeness (QED) is 0.794. The third kappa shape index (κ3) is 2.61. The van der Waals surface area contributed by atoms with Gasteiger partial charge < -0.3 is 9.72 Å². The van der Waals surface area contributed by atoms with Crippen molar-refractivity contribution in [3.05, 3.63) is 64.8 Å². The summed E-state index contributed by atoms with van der Waals surface area (Å²) in [5.74, 6) is -0.280. The van der Waals surface area contributed by atoms with Crippen LogP contribution in [0.4, 0.5) is 10.1 Å². The topological polar surface area (TPSA) is 29.3 Å². The van der Waals surface area contributed by atoms with Gasteiger partial charge in [-0.1, -0.05) is 22.0 Å². The van der Waals surface area contributed by atoms with Crippen LogP contribution in [0.25, 0.3) is 5.65 Å². The van der Waals surface area contributed by atoms with Gasteiger partial charge in [-0.2, -0.15) is 0 Å². The minimum Gasteiger partial charge on any atom is -0.377 e. The molecule has 2 aromatic heterocycles. The van der Waals surface area contributed by atoms with E-state index in [9.17, 15) is 4.39 Å². The summed E-state index contributed by atoms with van der Waals surface area (Å²) in [6, 6.07) is 10.8. The maximum Gasteiger partial charge on any atom is 0.147 e. The van der Waals surface area contributed by atoms with Gasteiger partial charge in [-0.3, -0.25) is 0 Å². The van der Waals surface area contributed by atoms with Crippen molar-refractivity contribution in [3.63, 3.8) is 0 Å². The molecule has 0 fully saturated rings. The molecule has 0 aliphatic heterocycles. The molecule has 1 N–H and O–H groups in total. The summed E-state index contributed by atoms with van der Waals surface area (Å²) in [5, 5.41) is 3.05. The number of nitrogens with zero attached hydrogens (tertiary/aromatic N) is 2. The summed E-state index contributed by atoms with van der Waals surface area (Å²) in [6.07, 6.45) is 3.87. The Balaban J connectivity index is 1.78. The number of pyridine rings is 1. The number of halogens is 2. The third-order valence-electron chi connectivity index (χ3n) is 2.80. The molecule has 2 heterocycles. The van der Waals surface area contributed by atoms with Crippen molar-refractivity contribution in [2.45, 2.75) is 6.54 Å². The second-order valence-electron chi connectivity index (χ2n) is 4.18. The highest BCUT2D eigenvalue weighted by molar-refractivity contribution is 9.10. The van der Waals surface area contributed by atoms with Crippen molar-refractivity contribution < 1.29 is 4.39 Å². The number of anilines is 1. The lowest BCUT2D eigenvalue weighted by molar-refractivity contribution is 0.629. The molecule has 19 heavy (non-hydrogen) atoms. The Morgan fingerprint density at radius 2 is 2.16 bits per heavy atom. The summed E-state index contributed by atoms with van der Waals surface area (Å²) in [6.45, 7) is 0.486. The average Bonchev–Trinajstić information content (AvgIpc) is 2.80. The summed E-state index contributed by atoms with van der Waals surface area (Å²) in [4.78, 5) is 4.44. The van der Waals surface area contributed by atoms with Gasteiger partial charge >= 0.3 is 0 Å². The highest BCUT2D eigenvalue weighted by Crippen LogP contribution is 2.19. The van der Waals surface area contributed by atoms with Crippen molar-refractivity contribution in [1.29, 1.82) is 0 Å². The maximum absolute atomic E-state index is 13.6. The molecule has 0 saturated heterocycles. The van der Waals surface area contributed by atoms with Gasteiger partial charge in [-0.25, -0.2) is 9.37 Å². The van der Waals surface area contributed by atoms with E-state index in [1.807, 2.05) is 35.0 Å². The van der Waals surface area contributed by atoms with Crippen LogP contribution in [0.15, 0.2) is 53.3 Å². The molecule has 0 spiro atoms. The Morgan fingerprint density at radius 3 is 2.95 bits per heavy atom. The van der Waals surface area contributed by atoms with Gasteiger partial charge in [-0.05, 0) is 30.3 Å². The third-order valence-corrected chi connectivity index (χ3v) is 3.30. The van der Waals surface area contributed by atoms with E-state index < -0.39 is 0 Å². The van der Waals surface area contributed by atoms with Crippen molar-refractivity contribution in [2.24, 2.45) is 0 Å². The van der Waals surface area contributed by atoms with E-state index in [0.717, 1.165) is 15.8 Å². The summed E-state index contributed by atoms with van der Waals surface area (Å²) >= 11 is 3.23. The van der Waals surface area contributed by atoms with Crippen LogP contribution >= 0.6 is 15.9 Å². The number of rotatable bonds is 3. The van der Waals surface area contributed by atoms with E-state index in [-0.39, 0.29) is 5.82 Å². The molecule has 0 atom stereocenters. The van der Waals surface area contributed by atoms with Gasteiger partial charge in [0, 0.05) is 16.9 Å². The first-order valence-corrected chi connectivity index (χ1v) is 6.63. The van der Waals surface area contributed by atoms with Crippen LogP contribution in [0.1, 0.15) is 5.69 Å². The predicted octanol–water partition coefficient (Wildman–Crippen LogP) is 3.85. The first-order chi connectivity index (χ1) is 9.22. The molecular weight excluding hydrogens is 309 g/mol. The lowest BCUT2D eigenvalue weighted by atomic mass is 10.3. The minimum absolute atomic E-state index is 0.280. The number of hydrogen-bond donors (Lipinski definition) is 1. The van der Waals surface area contributed by atoms with Crippen LogP contribution in [-0.4, -0.2) is 9.38 Å². The van der Waals surface area contributed by atoms with Crippen LogP contribution in [-0.2, 0) is 6.54 Å². The van der Waals surface area contributed by atoms with Gasteiger partial charge in [0.25, 0.3) is 0 Å². The normalized spacial score (nSPS) is 10.8. The van der Waals surface area contributed by atoms with E-state index >= 15 is 0 Å². The van der Waals surface area contributed by atoms with Gasteiger partial charge in [0.05, 0.1) is 17.9 Å². The molecule has 0 aliphatic rings. The van der Waals surface area contributed by atoms with E-state index in [4.69, 9.17) is 0 Å². The lowest BCUT2D eigenvalue weighted by Gasteiger charge is -2.05. The Labute approximate surface area is 118 Å². The molecule has 96 valence electrons. The van der Waals surface area contributed by atoms with Crippen molar-refractivity contribution >= 4 is 27.3 Å². The first kappa shape index (κ1) is 12.2. The monoisotopic (exact) mass is 319 g/mol. The molecule has 1 aromatic carbocycles. The van der Waals surface area contributed by atoms with Gasteiger partial charge in [-0.15, -0.1) is 0 Å². The second kappa shape index (κ2) is 5.01. The van der Waals surface area contributed by atoms with Gasteiger partial charge in [0.15, 0.2) is 0 Å². The molecule has 5 heteroatoms. The highest BCUT2D eigenvalue weighted by Gasteiger charge is 2.04. The second-order valence-corrected chi connectivity index (χ2v) is 5.09. The van der Waals surface area contributed by atoms with Crippen molar-refractivity contribution in [2.75, 3.05) is 5.32 Å². The fourth-order valence-electron chi connectivity index (χ4n) is 1.89. The first-order valence-electron chi connectivity index (χ1n) is 5.84. The largest absolute Gasteiger partial charge is 0.377 e. The molecule has 0 bridgehead atoms. The van der Waals surface area contributed by atoms with Gasteiger partial charge in [0.1, 0.15) is 11.5 Å². The van der Waals surface area contributed by atoms with E-state index in [2.05, 4.69) is 26.2 Å². The van der Waals surface area contributed by atoms with Crippen LogP contribution in [0, 0.1) is 5.82 Å². The molecule has 0 saturated carbocycles. The van der Waals surface area contributed by atoms with Crippen LogP contribution in [0.2, 0.25) is 0 Å². The van der Waals surface area contributed by atoms with Gasteiger partial charge in [0.2, 0.25) is 0 Å². The SMILES string of the molecule is Fc1cc(Br)ccc1NCc1cn2ccccc2n1. The van der Waals surface area contributed by atoms with E-state index in [1.165, 1.54) is 6.07 Å². The summed E-state index contributed by atoms with van der Waals surface area (Å²) in [5.41, 5.74) is 2.23. The van der Waals surface area contributed by atoms with Crippen LogP contribution in [0.5, 0.6) is 0 Å². The average molecular weight is 320 g/mol. The van der Waals surface area contributed by atoms with E-state index in [1.54, 1.807) is 12.1 Å². The summed E-state index contributed by atoms with van der Waals surface area (Å²) in [7, 11) is 0.